The minimum absolute atomic E-state index is 0.153. The first-order chi connectivity index (χ1) is 14.0. The molecule has 0 spiro atoms. The number of fused-ring (bicyclic) bond motifs is 1. The fourth-order valence-electron chi connectivity index (χ4n) is 3.44. The van der Waals surface area contributed by atoms with Gasteiger partial charge in [-0.1, -0.05) is 38.5 Å². The molecule has 0 atom stereocenters. The van der Waals surface area contributed by atoms with E-state index in [1.54, 1.807) is 0 Å². The predicted molar refractivity (Wildman–Crippen MR) is 107 cm³/mol. The number of nitrogens with zero attached hydrogens (tertiary/aromatic N) is 1. The van der Waals surface area contributed by atoms with Crippen LogP contribution < -0.4 is 0 Å². The average Bonchev–Trinajstić information content (AvgIpc) is 2.98. The van der Waals surface area contributed by atoms with Gasteiger partial charge in [0.25, 0.3) is 11.8 Å². The first-order valence-electron chi connectivity index (χ1n) is 10.1. The van der Waals surface area contributed by atoms with Crippen LogP contribution in [0.1, 0.15) is 88.9 Å². The number of amides is 2. The normalized spacial score (nSPS) is 12.8. The van der Waals surface area contributed by atoms with Crippen molar-refractivity contribution in [1.29, 1.82) is 0 Å². The SMILES string of the molecule is COC(=O)CCCCCCCCCCN1C(=O)c2ccc(C(=O)OC)cc2C1=O. The molecule has 1 heterocycles. The number of benzene rings is 1. The minimum Gasteiger partial charge on any atom is -0.469 e. The number of carbonyl (C=O) groups excluding carboxylic acids is 4. The number of methoxy groups -OCH3 is 2. The molecule has 0 aliphatic carbocycles. The van der Waals surface area contributed by atoms with E-state index in [0.29, 0.717) is 18.5 Å². The summed E-state index contributed by atoms with van der Waals surface area (Å²) in [6.45, 7) is 0.388. The molecule has 1 aliphatic rings. The lowest BCUT2D eigenvalue weighted by Crippen LogP contribution is -2.30. The second-order valence-corrected chi connectivity index (χ2v) is 7.17. The van der Waals surface area contributed by atoms with Crippen LogP contribution in [0.4, 0.5) is 0 Å². The molecule has 0 bridgehead atoms. The van der Waals surface area contributed by atoms with Gasteiger partial charge in [-0.25, -0.2) is 4.79 Å². The van der Waals surface area contributed by atoms with Crippen molar-refractivity contribution in [2.24, 2.45) is 0 Å². The Morgan fingerprint density at radius 2 is 1.38 bits per heavy atom. The highest BCUT2D eigenvalue weighted by atomic mass is 16.5. The summed E-state index contributed by atoms with van der Waals surface area (Å²) >= 11 is 0. The molecule has 0 radical (unpaired) electrons. The van der Waals surface area contributed by atoms with Gasteiger partial charge in [-0.3, -0.25) is 19.3 Å². The van der Waals surface area contributed by atoms with Crippen LogP contribution >= 0.6 is 0 Å². The summed E-state index contributed by atoms with van der Waals surface area (Å²) in [6, 6.07) is 4.45. The molecule has 1 aromatic carbocycles. The van der Waals surface area contributed by atoms with Crippen LogP contribution in [-0.4, -0.2) is 49.4 Å². The van der Waals surface area contributed by atoms with Crippen molar-refractivity contribution in [3.05, 3.63) is 34.9 Å². The van der Waals surface area contributed by atoms with Gasteiger partial charge in [0.1, 0.15) is 0 Å². The third kappa shape index (κ3) is 6.14. The highest BCUT2D eigenvalue weighted by Crippen LogP contribution is 2.25. The van der Waals surface area contributed by atoms with E-state index in [0.717, 1.165) is 51.4 Å². The molecular formula is C22H29NO6. The molecule has 29 heavy (non-hydrogen) atoms. The fourth-order valence-corrected chi connectivity index (χ4v) is 3.44. The first-order valence-corrected chi connectivity index (χ1v) is 10.1. The molecule has 0 saturated carbocycles. The summed E-state index contributed by atoms with van der Waals surface area (Å²) in [4.78, 5) is 48.9. The summed E-state index contributed by atoms with van der Waals surface area (Å²) in [5, 5.41) is 0. The molecule has 7 heteroatoms. The van der Waals surface area contributed by atoms with Gasteiger partial charge < -0.3 is 9.47 Å². The zero-order chi connectivity index (χ0) is 21.2. The second-order valence-electron chi connectivity index (χ2n) is 7.17. The highest BCUT2D eigenvalue weighted by molar-refractivity contribution is 6.21. The fraction of sp³-hybridized carbons (Fsp3) is 0.545. The van der Waals surface area contributed by atoms with E-state index in [4.69, 9.17) is 0 Å². The third-order valence-corrected chi connectivity index (χ3v) is 5.13. The molecular weight excluding hydrogens is 374 g/mol. The summed E-state index contributed by atoms with van der Waals surface area (Å²) in [7, 11) is 2.68. The van der Waals surface area contributed by atoms with Gasteiger partial charge in [-0.05, 0) is 31.0 Å². The predicted octanol–water partition coefficient (Wildman–Crippen LogP) is 3.75. The zero-order valence-corrected chi connectivity index (χ0v) is 17.2. The molecule has 2 amide bonds. The number of rotatable bonds is 12. The minimum atomic E-state index is -0.531. The molecule has 1 aromatic rings. The Kier molecular flexibility index (Phi) is 8.83. The van der Waals surface area contributed by atoms with Gasteiger partial charge >= 0.3 is 11.9 Å². The van der Waals surface area contributed by atoms with Crippen molar-refractivity contribution in [3.63, 3.8) is 0 Å². The number of imide groups is 1. The van der Waals surface area contributed by atoms with Crippen molar-refractivity contribution in [1.82, 2.24) is 4.90 Å². The zero-order valence-electron chi connectivity index (χ0n) is 17.2. The van der Waals surface area contributed by atoms with Crippen molar-refractivity contribution in [3.8, 4) is 0 Å². The lowest BCUT2D eigenvalue weighted by atomic mass is 10.1. The quantitative estimate of drug-likeness (QED) is 0.300. The van der Waals surface area contributed by atoms with Gasteiger partial charge in [-0.2, -0.15) is 0 Å². The van der Waals surface area contributed by atoms with E-state index < -0.39 is 5.97 Å². The van der Waals surface area contributed by atoms with Crippen LogP contribution in [0.2, 0.25) is 0 Å². The molecule has 7 nitrogen and oxygen atoms in total. The van der Waals surface area contributed by atoms with Crippen molar-refractivity contribution < 1.29 is 28.7 Å². The maximum atomic E-state index is 12.5. The Hall–Kier alpha value is -2.70. The van der Waals surface area contributed by atoms with Crippen LogP contribution in [0.3, 0.4) is 0 Å². The highest BCUT2D eigenvalue weighted by Gasteiger charge is 2.35. The smallest absolute Gasteiger partial charge is 0.337 e. The third-order valence-electron chi connectivity index (χ3n) is 5.13. The molecule has 0 N–H and O–H groups in total. The number of hydrogen-bond acceptors (Lipinski definition) is 6. The molecule has 0 saturated heterocycles. The van der Waals surface area contributed by atoms with Crippen molar-refractivity contribution >= 4 is 23.8 Å². The Morgan fingerprint density at radius 1 is 0.793 bits per heavy atom. The van der Waals surface area contributed by atoms with Crippen LogP contribution in [0.5, 0.6) is 0 Å². The van der Waals surface area contributed by atoms with Crippen molar-refractivity contribution in [2.75, 3.05) is 20.8 Å². The van der Waals surface area contributed by atoms with Gasteiger partial charge in [0, 0.05) is 13.0 Å². The van der Waals surface area contributed by atoms with Gasteiger partial charge in [0.05, 0.1) is 30.9 Å². The van der Waals surface area contributed by atoms with E-state index in [-0.39, 0.29) is 28.9 Å². The maximum absolute atomic E-state index is 12.5. The molecule has 1 aliphatic heterocycles. The molecule has 0 fully saturated rings. The molecule has 158 valence electrons. The summed E-state index contributed by atoms with van der Waals surface area (Å²) in [5.41, 5.74) is 0.875. The van der Waals surface area contributed by atoms with E-state index in [1.807, 2.05) is 0 Å². The Bertz CT molecular complexity index is 758. The maximum Gasteiger partial charge on any atom is 0.337 e. The first kappa shape index (κ1) is 22.6. The average molecular weight is 403 g/mol. The number of esters is 2. The van der Waals surface area contributed by atoms with Gasteiger partial charge in [0.15, 0.2) is 0 Å². The summed E-state index contributed by atoms with van der Waals surface area (Å²) in [6.07, 6.45) is 8.44. The molecule has 0 unspecified atom stereocenters. The summed E-state index contributed by atoms with van der Waals surface area (Å²) < 4.78 is 9.27. The standard InChI is InChI=1S/C22H29NO6/c1-28-19(24)11-9-7-5-3-4-6-8-10-14-23-20(25)17-13-12-16(22(27)29-2)15-18(17)21(23)26/h12-13,15H,3-11,14H2,1-2H3. The monoisotopic (exact) mass is 403 g/mol. The Morgan fingerprint density at radius 3 is 2.00 bits per heavy atom. The van der Waals surface area contributed by atoms with E-state index >= 15 is 0 Å². The van der Waals surface area contributed by atoms with Crippen LogP contribution in [0.15, 0.2) is 18.2 Å². The topological polar surface area (TPSA) is 90.0 Å². The largest absolute Gasteiger partial charge is 0.469 e. The Balaban J connectivity index is 1.66. The van der Waals surface area contributed by atoms with E-state index in [9.17, 15) is 19.2 Å². The van der Waals surface area contributed by atoms with E-state index in [2.05, 4.69) is 9.47 Å². The van der Waals surface area contributed by atoms with Crippen LogP contribution in [0, 0.1) is 0 Å². The van der Waals surface area contributed by atoms with E-state index in [1.165, 1.54) is 37.3 Å². The second kappa shape index (κ2) is 11.3. The van der Waals surface area contributed by atoms with Crippen LogP contribution in [-0.2, 0) is 14.3 Å². The summed E-state index contributed by atoms with van der Waals surface area (Å²) in [5.74, 6) is -1.33. The molecule has 2 rings (SSSR count). The lowest BCUT2D eigenvalue weighted by molar-refractivity contribution is -0.140. The molecule has 0 aromatic heterocycles. The Labute approximate surface area is 171 Å². The number of ether oxygens (including phenoxy) is 2. The van der Waals surface area contributed by atoms with Gasteiger partial charge in [0.2, 0.25) is 0 Å². The van der Waals surface area contributed by atoms with Crippen LogP contribution in [0.25, 0.3) is 0 Å². The lowest BCUT2D eigenvalue weighted by Gasteiger charge is -2.13. The van der Waals surface area contributed by atoms with Gasteiger partial charge in [-0.15, -0.1) is 0 Å². The number of hydrogen-bond donors (Lipinski definition) is 0. The number of carbonyl (C=O) groups is 4. The number of unbranched alkanes of at least 4 members (excludes halogenated alkanes) is 7. The van der Waals surface area contributed by atoms with Crippen molar-refractivity contribution in [2.45, 2.75) is 57.8 Å².